The molecule has 20 heavy (non-hydrogen) atoms. The van der Waals surface area contributed by atoms with Crippen molar-refractivity contribution in [1.29, 1.82) is 0 Å². The first kappa shape index (κ1) is 13.7. The first-order chi connectivity index (χ1) is 9.58. The first-order valence-corrected chi connectivity index (χ1v) is 5.95. The van der Waals surface area contributed by atoms with Gasteiger partial charge in [-0.25, -0.2) is 9.97 Å². The average Bonchev–Trinajstić information content (AvgIpc) is 2.43. The number of rotatable bonds is 6. The van der Waals surface area contributed by atoms with Crippen LogP contribution in [0.3, 0.4) is 0 Å². The summed E-state index contributed by atoms with van der Waals surface area (Å²) in [4.78, 5) is 29.5. The van der Waals surface area contributed by atoms with E-state index in [0.29, 0.717) is 16.7 Å². The topological polar surface area (TPSA) is 118 Å². The number of benzene rings is 1. The highest BCUT2D eigenvalue weighted by molar-refractivity contribution is 5.90. The Labute approximate surface area is 114 Å². The fourth-order valence-electron chi connectivity index (χ4n) is 1.80. The van der Waals surface area contributed by atoms with Crippen molar-refractivity contribution in [2.45, 2.75) is 18.9 Å². The minimum Gasteiger partial charge on any atom is -0.550 e. The van der Waals surface area contributed by atoms with Gasteiger partial charge in [0, 0.05) is 11.4 Å². The van der Waals surface area contributed by atoms with Gasteiger partial charge in [0.1, 0.15) is 12.1 Å². The Bertz CT molecular complexity index is 639. The van der Waals surface area contributed by atoms with E-state index in [4.69, 9.17) is 0 Å². The van der Waals surface area contributed by atoms with Gasteiger partial charge in [0.05, 0.1) is 17.5 Å². The monoisotopic (exact) mass is 273 g/mol. The number of aliphatic carboxylic acids is 2. The number of carbonyl (C=O) groups is 2. The number of anilines is 1. The summed E-state index contributed by atoms with van der Waals surface area (Å²) in [6.45, 7) is 0. The molecule has 7 heteroatoms. The van der Waals surface area contributed by atoms with Crippen molar-refractivity contribution in [3.8, 4) is 0 Å². The van der Waals surface area contributed by atoms with E-state index in [1.165, 1.54) is 6.33 Å². The van der Waals surface area contributed by atoms with E-state index in [-0.39, 0.29) is 12.8 Å². The van der Waals surface area contributed by atoms with E-state index >= 15 is 0 Å². The lowest BCUT2D eigenvalue weighted by Gasteiger charge is -2.21. The normalized spacial score (nSPS) is 12.0. The highest BCUT2D eigenvalue weighted by atomic mass is 16.4. The lowest BCUT2D eigenvalue weighted by molar-refractivity contribution is -0.308. The van der Waals surface area contributed by atoms with Gasteiger partial charge in [-0.2, -0.15) is 0 Å². The third-order valence-corrected chi connectivity index (χ3v) is 2.78. The number of nitrogens with zero attached hydrogens (tertiary/aromatic N) is 2. The standard InChI is InChI=1S/C13H13N3O4/c17-11(18)6-5-10(13(19)20)16-12-8-3-1-2-4-9(8)14-7-15-12/h1-4,7,10H,5-6H2,(H,17,18)(H,19,20)(H,14,15,16)/p-2/t10-/m0/s1. The van der Waals surface area contributed by atoms with Crippen LogP contribution in [0.5, 0.6) is 0 Å². The maximum atomic E-state index is 11.0. The molecule has 2 rings (SSSR count). The molecule has 2 aromatic rings. The second-order valence-electron chi connectivity index (χ2n) is 4.17. The van der Waals surface area contributed by atoms with Crippen LogP contribution in [-0.2, 0) is 9.59 Å². The molecular formula is C13H11N3O4-2. The molecule has 0 radical (unpaired) electrons. The summed E-state index contributed by atoms with van der Waals surface area (Å²) in [6.07, 6.45) is 0.771. The van der Waals surface area contributed by atoms with Gasteiger partial charge in [0.2, 0.25) is 0 Å². The lowest BCUT2D eigenvalue weighted by atomic mass is 10.1. The Kier molecular flexibility index (Phi) is 4.09. The van der Waals surface area contributed by atoms with Crippen molar-refractivity contribution >= 4 is 28.7 Å². The molecule has 0 saturated heterocycles. The fourth-order valence-corrected chi connectivity index (χ4v) is 1.80. The van der Waals surface area contributed by atoms with Crippen LogP contribution in [0.15, 0.2) is 30.6 Å². The number of hydrogen-bond donors (Lipinski definition) is 1. The molecular weight excluding hydrogens is 262 g/mol. The molecule has 1 atom stereocenters. The Balaban J connectivity index is 2.24. The molecule has 1 aromatic heterocycles. The SMILES string of the molecule is O=C([O-])CC[C@H](Nc1ncnc2ccccc12)C(=O)[O-]. The summed E-state index contributed by atoms with van der Waals surface area (Å²) in [5, 5.41) is 24.8. The van der Waals surface area contributed by atoms with Crippen molar-refractivity contribution in [1.82, 2.24) is 9.97 Å². The maximum absolute atomic E-state index is 11.0. The van der Waals surface area contributed by atoms with Crippen molar-refractivity contribution in [3.63, 3.8) is 0 Å². The Hall–Kier alpha value is -2.70. The smallest absolute Gasteiger partial charge is 0.137 e. The van der Waals surface area contributed by atoms with Gasteiger partial charge in [-0.05, 0) is 25.0 Å². The van der Waals surface area contributed by atoms with Crippen LogP contribution in [0.1, 0.15) is 12.8 Å². The zero-order chi connectivity index (χ0) is 14.5. The predicted molar refractivity (Wildman–Crippen MR) is 66.2 cm³/mol. The number of aromatic nitrogens is 2. The predicted octanol–water partition coefficient (Wildman–Crippen LogP) is -1.31. The highest BCUT2D eigenvalue weighted by Gasteiger charge is 2.12. The fraction of sp³-hybridized carbons (Fsp3) is 0.231. The molecule has 1 N–H and O–H groups in total. The number of carboxylic acids is 2. The van der Waals surface area contributed by atoms with Crippen LogP contribution < -0.4 is 15.5 Å². The number of carboxylic acid groups (broad SMARTS) is 2. The third kappa shape index (κ3) is 3.19. The number of nitrogens with one attached hydrogen (secondary N) is 1. The van der Waals surface area contributed by atoms with Crippen LogP contribution >= 0.6 is 0 Å². The van der Waals surface area contributed by atoms with Crippen molar-refractivity contribution in [2.75, 3.05) is 5.32 Å². The summed E-state index contributed by atoms with van der Waals surface area (Å²) in [5.74, 6) is -2.39. The van der Waals surface area contributed by atoms with E-state index in [2.05, 4.69) is 15.3 Å². The second-order valence-corrected chi connectivity index (χ2v) is 4.17. The molecule has 0 amide bonds. The number of fused-ring (bicyclic) bond motifs is 1. The molecule has 1 heterocycles. The van der Waals surface area contributed by atoms with E-state index in [9.17, 15) is 19.8 Å². The second kappa shape index (κ2) is 5.96. The van der Waals surface area contributed by atoms with Crippen molar-refractivity contribution in [3.05, 3.63) is 30.6 Å². The highest BCUT2D eigenvalue weighted by Crippen LogP contribution is 2.19. The molecule has 0 aliphatic carbocycles. The number of para-hydroxylation sites is 1. The van der Waals surface area contributed by atoms with Crippen molar-refractivity contribution < 1.29 is 19.8 Å². The average molecular weight is 273 g/mol. The van der Waals surface area contributed by atoms with E-state index in [1.807, 2.05) is 0 Å². The Morgan fingerprint density at radius 1 is 1.20 bits per heavy atom. The van der Waals surface area contributed by atoms with Crippen LogP contribution in [0.25, 0.3) is 10.9 Å². The molecule has 104 valence electrons. The largest absolute Gasteiger partial charge is 0.550 e. The van der Waals surface area contributed by atoms with Gasteiger partial charge in [-0.1, -0.05) is 12.1 Å². The summed E-state index contributed by atoms with van der Waals surface area (Å²) < 4.78 is 0. The van der Waals surface area contributed by atoms with Crippen LogP contribution in [0, 0.1) is 0 Å². The summed E-state index contributed by atoms with van der Waals surface area (Å²) in [6, 6.07) is 5.91. The quantitative estimate of drug-likeness (QED) is 0.694. The number of hydrogen-bond acceptors (Lipinski definition) is 7. The minimum absolute atomic E-state index is 0.150. The van der Waals surface area contributed by atoms with Gasteiger partial charge in [0.15, 0.2) is 0 Å². The molecule has 1 aromatic carbocycles. The van der Waals surface area contributed by atoms with Gasteiger partial charge < -0.3 is 25.1 Å². The molecule has 0 aliphatic rings. The molecule has 0 unspecified atom stereocenters. The summed E-state index contributed by atoms with van der Waals surface area (Å²) in [5.41, 5.74) is 0.655. The van der Waals surface area contributed by atoms with Gasteiger partial charge in [-0.15, -0.1) is 0 Å². The molecule has 0 fully saturated rings. The van der Waals surface area contributed by atoms with E-state index in [0.717, 1.165) is 0 Å². The first-order valence-electron chi connectivity index (χ1n) is 5.95. The number of carbonyl (C=O) groups excluding carboxylic acids is 2. The lowest BCUT2D eigenvalue weighted by Crippen LogP contribution is -2.42. The molecule has 0 bridgehead atoms. The Morgan fingerprint density at radius 3 is 2.65 bits per heavy atom. The Morgan fingerprint density at radius 2 is 1.95 bits per heavy atom. The van der Waals surface area contributed by atoms with Gasteiger partial charge >= 0.3 is 0 Å². The summed E-state index contributed by atoms with van der Waals surface area (Å²) in [7, 11) is 0. The van der Waals surface area contributed by atoms with Crippen LogP contribution in [0.2, 0.25) is 0 Å². The zero-order valence-corrected chi connectivity index (χ0v) is 10.4. The van der Waals surface area contributed by atoms with Gasteiger partial charge in [-0.3, -0.25) is 0 Å². The van der Waals surface area contributed by atoms with Crippen molar-refractivity contribution in [2.24, 2.45) is 0 Å². The molecule has 7 nitrogen and oxygen atoms in total. The molecule has 0 aliphatic heterocycles. The third-order valence-electron chi connectivity index (χ3n) is 2.78. The zero-order valence-electron chi connectivity index (χ0n) is 10.4. The van der Waals surface area contributed by atoms with Crippen LogP contribution in [0.4, 0.5) is 5.82 Å². The summed E-state index contributed by atoms with van der Waals surface area (Å²) >= 11 is 0. The molecule has 0 saturated carbocycles. The molecule has 0 spiro atoms. The maximum Gasteiger partial charge on any atom is 0.137 e. The van der Waals surface area contributed by atoms with Gasteiger partial charge in [0.25, 0.3) is 0 Å². The van der Waals surface area contributed by atoms with E-state index < -0.39 is 18.0 Å². The van der Waals surface area contributed by atoms with Crippen LogP contribution in [-0.4, -0.2) is 27.9 Å². The minimum atomic E-state index is -1.39. The van der Waals surface area contributed by atoms with E-state index in [1.54, 1.807) is 24.3 Å².